The van der Waals surface area contributed by atoms with Crippen LogP contribution < -0.4 is 0 Å². The molecule has 1 heteroatoms. The minimum atomic E-state index is 0. The number of hydrogen-bond donors (Lipinski definition) is 0. The van der Waals surface area contributed by atoms with E-state index in [2.05, 4.69) is 18.2 Å². The Balaban J connectivity index is 0.000000288. The van der Waals surface area contributed by atoms with E-state index in [9.17, 15) is 0 Å². The Bertz CT molecular complexity index is 893. The van der Waals surface area contributed by atoms with E-state index in [4.69, 9.17) is 6.58 Å². The number of hydrogen-bond acceptors (Lipinski definition) is 0. The first-order chi connectivity index (χ1) is 15.8. The minimum Gasteiger partial charge on any atom is -0.259 e. The second-order valence-corrected chi connectivity index (χ2v) is 6.94. The van der Waals surface area contributed by atoms with Crippen LogP contribution in [0.4, 0.5) is 0 Å². The van der Waals surface area contributed by atoms with Crippen LogP contribution in [0.25, 0.3) is 11.1 Å². The van der Waals surface area contributed by atoms with Crippen molar-refractivity contribution >= 4 is 11.1 Å². The smallest absolute Gasteiger partial charge is 0.259 e. The minimum absolute atomic E-state index is 0. The summed E-state index contributed by atoms with van der Waals surface area (Å²) < 4.78 is 0. The van der Waals surface area contributed by atoms with Gasteiger partial charge in [-0.1, -0.05) is 54.6 Å². The summed E-state index contributed by atoms with van der Waals surface area (Å²) in [6.45, 7) is 6.44. The van der Waals surface area contributed by atoms with Crippen molar-refractivity contribution in [1.29, 1.82) is 0 Å². The quantitative estimate of drug-likeness (QED) is 0.197. The first kappa shape index (κ1) is 27.3. The summed E-state index contributed by atoms with van der Waals surface area (Å²) in [5.74, 6) is 0. The topological polar surface area (TPSA) is 0 Å². The molecule has 2 fully saturated rings. The monoisotopic (exact) mass is 500 g/mol. The zero-order chi connectivity index (χ0) is 22.3. The maximum absolute atomic E-state index is 6.44. The second-order valence-electron chi connectivity index (χ2n) is 6.94. The van der Waals surface area contributed by atoms with Crippen LogP contribution in [0.2, 0.25) is 0 Å². The molecule has 0 unspecified atom stereocenters. The van der Waals surface area contributed by atoms with Gasteiger partial charge in [0.2, 0.25) is 0 Å². The molecule has 0 atom stereocenters. The van der Waals surface area contributed by atoms with Gasteiger partial charge in [0.05, 0.1) is 0 Å². The summed E-state index contributed by atoms with van der Waals surface area (Å²) in [5.41, 5.74) is 4.73. The molecule has 5 rings (SSSR count). The Morgan fingerprint density at radius 3 is 1.18 bits per heavy atom. The molecule has 0 nitrogen and oxygen atoms in total. The van der Waals surface area contributed by atoms with E-state index in [1.807, 2.05) is 143 Å². The third-order valence-corrected chi connectivity index (χ3v) is 4.57. The Labute approximate surface area is 221 Å². The van der Waals surface area contributed by atoms with E-state index >= 15 is 0 Å². The third-order valence-electron chi connectivity index (χ3n) is 4.57. The van der Waals surface area contributed by atoms with Crippen molar-refractivity contribution in [3.63, 3.8) is 0 Å². The largest absolute Gasteiger partial charge is 4.00 e. The summed E-state index contributed by atoms with van der Waals surface area (Å²) >= 11 is 0. The van der Waals surface area contributed by atoms with E-state index in [1.165, 1.54) is 0 Å². The van der Waals surface area contributed by atoms with Crippen molar-refractivity contribution in [2.24, 2.45) is 0 Å². The van der Waals surface area contributed by atoms with Crippen molar-refractivity contribution in [2.45, 2.75) is 0 Å². The van der Waals surface area contributed by atoms with Gasteiger partial charge in [0.15, 0.2) is 0 Å². The Kier molecular flexibility index (Phi) is 13.7. The first-order valence-corrected chi connectivity index (χ1v) is 10.6. The maximum atomic E-state index is 6.44. The van der Waals surface area contributed by atoms with E-state index in [0.29, 0.717) is 0 Å². The SMILES string of the molecule is [CH-]=C(C(=[C-]c1ccccc1)c1ccccc1)c1ccccc1.[CH]1[CH][CH][CH][CH]1.[CH]1[CH][CH][CH][CH]1.[Zr+4]. The van der Waals surface area contributed by atoms with Crippen molar-refractivity contribution in [1.82, 2.24) is 0 Å². The molecule has 0 saturated heterocycles. The van der Waals surface area contributed by atoms with E-state index in [1.54, 1.807) is 0 Å². The van der Waals surface area contributed by atoms with Crippen LogP contribution in [-0.4, -0.2) is 0 Å². The first-order valence-electron chi connectivity index (χ1n) is 10.6. The number of benzene rings is 3. The van der Waals surface area contributed by atoms with Crippen molar-refractivity contribution in [3.05, 3.63) is 185 Å². The molecule has 0 bridgehead atoms. The average Bonchev–Trinajstić information content (AvgIpc) is 3.64. The second kappa shape index (κ2) is 16.6. The van der Waals surface area contributed by atoms with Crippen molar-refractivity contribution < 1.29 is 26.2 Å². The molecule has 0 amide bonds. The van der Waals surface area contributed by atoms with Gasteiger partial charge < -0.3 is 0 Å². The van der Waals surface area contributed by atoms with Crippen molar-refractivity contribution in [2.75, 3.05) is 0 Å². The Morgan fingerprint density at radius 1 is 0.455 bits per heavy atom. The average molecular weight is 502 g/mol. The molecular formula is C32H26Zr+2. The van der Waals surface area contributed by atoms with E-state index < -0.39 is 0 Å². The summed E-state index contributed by atoms with van der Waals surface area (Å²) in [7, 11) is 0. The van der Waals surface area contributed by atoms with Crippen LogP contribution in [0.5, 0.6) is 0 Å². The van der Waals surface area contributed by atoms with Gasteiger partial charge in [-0.2, -0.15) is 11.6 Å². The molecule has 0 heterocycles. The van der Waals surface area contributed by atoms with Gasteiger partial charge in [-0.3, -0.25) is 12.2 Å². The standard InChI is InChI=1S/C22H16.2C5H5.Zr/c1-18(20-13-7-3-8-14-20)22(21-15-9-4-10-16-21)17-19-11-5-2-6-12-19;2*1-2-4-5-3-1;/h1-16H;2*1-5H;/q-2;;;+4. The van der Waals surface area contributed by atoms with E-state index in [0.717, 1.165) is 27.8 Å². The zero-order valence-corrected chi connectivity index (χ0v) is 21.0. The molecule has 0 N–H and O–H groups in total. The molecule has 3 aromatic carbocycles. The van der Waals surface area contributed by atoms with Crippen LogP contribution in [0, 0.1) is 76.9 Å². The molecule has 3 aromatic rings. The van der Waals surface area contributed by atoms with Crippen LogP contribution in [0.15, 0.2) is 91.0 Å². The number of rotatable bonds is 4. The molecule has 10 radical (unpaired) electrons. The van der Waals surface area contributed by atoms with Crippen LogP contribution in [0.3, 0.4) is 0 Å². The zero-order valence-electron chi connectivity index (χ0n) is 18.5. The van der Waals surface area contributed by atoms with Gasteiger partial charge in [0.1, 0.15) is 0 Å². The third kappa shape index (κ3) is 10.2. The molecule has 2 aliphatic rings. The van der Waals surface area contributed by atoms with Crippen LogP contribution in [-0.2, 0) is 26.2 Å². The molecule has 33 heavy (non-hydrogen) atoms. The molecule has 0 spiro atoms. The predicted molar refractivity (Wildman–Crippen MR) is 136 cm³/mol. The van der Waals surface area contributed by atoms with Gasteiger partial charge in [0.25, 0.3) is 0 Å². The Hall–Kier alpha value is -1.98. The van der Waals surface area contributed by atoms with Gasteiger partial charge >= 0.3 is 26.2 Å². The predicted octanol–water partition coefficient (Wildman–Crippen LogP) is 7.48. The maximum Gasteiger partial charge on any atom is 4.00 e. The van der Waals surface area contributed by atoms with Crippen LogP contribution in [0.1, 0.15) is 16.7 Å². The van der Waals surface area contributed by atoms with Gasteiger partial charge in [-0.15, -0.1) is 47.5 Å². The summed E-state index contributed by atoms with van der Waals surface area (Å²) in [6.07, 6.45) is 23.4. The molecule has 0 aliphatic heterocycles. The summed E-state index contributed by atoms with van der Waals surface area (Å²) in [6, 6.07) is 30.2. The van der Waals surface area contributed by atoms with Gasteiger partial charge in [0, 0.05) is 0 Å². The fourth-order valence-electron chi connectivity index (χ4n) is 2.97. The normalized spacial score (nSPS) is 14.7. The fraction of sp³-hybridized carbons (Fsp3) is 0. The fourth-order valence-corrected chi connectivity index (χ4v) is 2.97. The van der Waals surface area contributed by atoms with Gasteiger partial charge in [-0.25, -0.2) is 5.57 Å². The summed E-state index contributed by atoms with van der Waals surface area (Å²) in [5, 5.41) is 0. The number of allylic oxidation sites excluding steroid dienone is 2. The molecular weight excluding hydrogens is 476 g/mol. The summed E-state index contributed by atoms with van der Waals surface area (Å²) in [4.78, 5) is 0. The van der Waals surface area contributed by atoms with Crippen LogP contribution >= 0.6 is 0 Å². The molecule has 0 aromatic heterocycles. The molecule has 2 aliphatic carbocycles. The van der Waals surface area contributed by atoms with E-state index in [-0.39, 0.29) is 26.2 Å². The van der Waals surface area contributed by atoms with Gasteiger partial charge in [-0.05, 0) is 64.2 Å². The molecule has 2 saturated carbocycles. The molecule has 156 valence electrons. The Morgan fingerprint density at radius 2 is 0.788 bits per heavy atom. The van der Waals surface area contributed by atoms with Crippen molar-refractivity contribution in [3.8, 4) is 0 Å².